The van der Waals surface area contributed by atoms with E-state index in [1.165, 1.54) is 19.2 Å². The summed E-state index contributed by atoms with van der Waals surface area (Å²) < 4.78 is 37.8. The minimum Gasteiger partial charge on any atom is -0.340 e. The van der Waals surface area contributed by atoms with Crippen LogP contribution in [0.3, 0.4) is 0 Å². The van der Waals surface area contributed by atoms with Crippen LogP contribution in [-0.2, 0) is 6.18 Å². The number of pyridine rings is 3. The molecule has 132 valence electrons. The van der Waals surface area contributed by atoms with Gasteiger partial charge in [-0.1, -0.05) is 0 Å². The molecule has 0 spiro atoms. The third kappa shape index (κ3) is 3.51. The summed E-state index contributed by atoms with van der Waals surface area (Å²) in [5.41, 5.74) is 0.498. The Kier molecular flexibility index (Phi) is 4.37. The summed E-state index contributed by atoms with van der Waals surface area (Å²) in [5, 5.41) is 18.9. The lowest BCUT2D eigenvalue weighted by Crippen LogP contribution is -2.11. The summed E-state index contributed by atoms with van der Waals surface area (Å²) in [7, 11) is 0. The van der Waals surface area contributed by atoms with Gasteiger partial charge in [-0.25, -0.2) is 15.0 Å². The number of halogens is 3. The van der Waals surface area contributed by atoms with Crippen LogP contribution in [0.25, 0.3) is 11.0 Å². The van der Waals surface area contributed by atoms with Crippen molar-refractivity contribution in [2.75, 3.05) is 5.32 Å². The molecular formula is C17H13F3N6. The second-order valence-electron chi connectivity index (χ2n) is 5.48. The van der Waals surface area contributed by atoms with Gasteiger partial charge < -0.3 is 10.7 Å². The lowest BCUT2D eigenvalue weighted by Gasteiger charge is -2.11. The summed E-state index contributed by atoms with van der Waals surface area (Å²) in [6, 6.07) is 7.12. The van der Waals surface area contributed by atoms with Crippen LogP contribution in [0.2, 0.25) is 0 Å². The van der Waals surface area contributed by atoms with Crippen LogP contribution < -0.4 is 5.32 Å². The maximum absolute atomic E-state index is 12.6. The van der Waals surface area contributed by atoms with Crippen molar-refractivity contribution >= 4 is 34.0 Å². The summed E-state index contributed by atoms with van der Waals surface area (Å²) in [6.45, 7) is 1.50. The van der Waals surface area contributed by atoms with E-state index in [0.717, 1.165) is 12.3 Å². The Balaban J connectivity index is 1.93. The molecule has 3 heterocycles. The number of anilines is 2. The van der Waals surface area contributed by atoms with Crippen molar-refractivity contribution in [3.63, 3.8) is 0 Å². The second-order valence-corrected chi connectivity index (χ2v) is 5.48. The number of aromatic nitrogens is 3. The van der Waals surface area contributed by atoms with Gasteiger partial charge in [-0.15, -0.1) is 0 Å². The SMILES string of the molecule is CC(=N)C(=N)c1ccc2c(Nc3ccc(C(F)(F)F)cn3)ccnc2n1. The highest BCUT2D eigenvalue weighted by molar-refractivity contribution is 6.44. The second kappa shape index (κ2) is 6.51. The van der Waals surface area contributed by atoms with E-state index in [1.807, 2.05) is 0 Å². The number of nitrogens with one attached hydrogen (secondary N) is 3. The van der Waals surface area contributed by atoms with Crippen LogP contribution in [0.1, 0.15) is 18.2 Å². The van der Waals surface area contributed by atoms with E-state index in [1.54, 1.807) is 18.2 Å². The molecule has 0 atom stereocenters. The first kappa shape index (κ1) is 17.5. The van der Waals surface area contributed by atoms with Gasteiger partial charge in [0.25, 0.3) is 0 Å². The Hall–Kier alpha value is -3.36. The molecule has 0 aromatic carbocycles. The molecule has 6 nitrogen and oxygen atoms in total. The Morgan fingerprint density at radius 3 is 2.42 bits per heavy atom. The topological polar surface area (TPSA) is 98.4 Å². The highest BCUT2D eigenvalue weighted by Crippen LogP contribution is 2.30. The largest absolute Gasteiger partial charge is 0.417 e. The fourth-order valence-corrected chi connectivity index (χ4v) is 2.24. The molecule has 26 heavy (non-hydrogen) atoms. The van der Waals surface area contributed by atoms with Gasteiger partial charge in [0, 0.05) is 17.8 Å². The Labute approximate surface area is 146 Å². The van der Waals surface area contributed by atoms with Crippen LogP contribution in [-0.4, -0.2) is 26.4 Å². The number of fused-ring (bicyclic) bond motifs is 1. The molecule has 0 amide bonds. The summed E-state index contributed by atoms with van der Waals surface area (Å²) >= 11 is 0. The van der Waals surface area contributed by atoms with E-state index in [0.29, 0.717) is 22.4 Å². The molecule has 3 rings (SSSR count). The van der Waals surface area contributed by atoms with Crippen molar-refractivity contribution in [1.82, 2.24) is 15.0 Å². The highest BCUT2D eigenvalue weighted by atomic mass is 19.4. The fourth-order valence-electron chi connectivity index (χ4n) is 2.24. The molecular weight excluding hydrogens is 345 g/mol. The van der Waals surface area contributed by atoms with Gasteiger partial charge in [0.2, 0.25) is 0 Å². The third-order valence-electron chi connectivity index (χ3n) is 3.59. The lowest BCUT2D eigenvalue weighted by molar-refractivity contribution is -0.137. The Bertz CT molecular complexity index is 996. The zero-order chi connectivity index (χ0) is 18.9. The zero-order valence-electron chi connectivity index (χ0n) is 13.5. The summed E-state index contributed by atoms with van der Waals surface area (Å²) in [4.78, 5) is 12.2. The molecule has 0 radical (unpaired) electrons. The molecule has 0 saturated carbocycles. The zero-order valence-corrected chi connectivity index (χ0v) is 13.5. The first-order valence-electron chi connectivity index (χ1n) is 7.46. The standard InChI is InChI=1S/C17H13F3N6/c1-9(21)15(22)13-4-3-11-12(6-7-23-16(11)26-13)25-14-5-2-10(8-24-14)17(18,19)20/h2-8,21-22H,1H3,(H,23,24,25,26). The lowest BCUT2D eigenvalue weighted by atomic mass is 10.1. The maximum atomic E-state index is 12.6. The first-order valence-corrected chi connectivity index (χ1v) is 7.46. The molecule has 0 unspecified atom stereocenters. The van der Waals surface area contributed by atoms with Crippen LogP contribution in [0, 0.1) is 10.8 Å². The average Bonchev–Trinajstić information content (AvgIpc) is 2.60. The van der Waals surface area contributed by atoms with Crippen molar-refractivity contribution in [2.45, 2.75) is 13.1 Å². The monoisotopic (exact) mass is 358 g/mol. The molecule has 0 bridgehead atoms. The van der Waals surface area contributed by atoms with Crippen LogP contribution in [0.4, 0.5) is 24.7 Å². The fraction of sp³-hybridized carbons (Fsp3) is 0.118. The molecule has 3 aromatic heterocycles. The van der Waals surface area contributed by atoms with Crippen molar-refractivity contribution < 1.29 is 13.2 Å². The van der Waals surface area contributed by atoms with E-state index < -0.39 is 11.7 Å². The third-order valence-corrected chi connectivity index (χ3v) is 3.59. The van der Waals surface area contributed by atoms with Gasteiger partial charge in [-0.3, -0.25) is 5.41 Å². The van der Waals surface area contributed by atoms with Crippen molar-refractivity contribution in [1.29, 1.82) is 10.8 Å². The van der Waals surface area contributed by atoms with E-state index in [9.17, 15) is 13.2 Å². The molecule has 0 aliphatic carbocycles. The van der Waals surface area contributed by atoms with Gasteiger partial charge in [-0.05, 0) is 37.3 Å². The number of nitrogens with zero attached hydrogens (tertiary/aromatic N) is 3. The van der Waals surface area contributed by atoms with E-state index in [2.05, 4.69) is 20.3 Å². The minimum absolute atomic E-state index is 0.00327. The summed E-state index contributed by atoms with van der Waals surface area (Å²) in [6.07, 6.45) is -2.19. The Morgan fingerprint density at radius 2 is 1.81 bits per heavy atom. The van der Waals surface area contributed by atoms with Crippen LogP contribution in [0.15, 0.2) is 42.7 Å². The predicted octanol–water partition coefficient (Wildman–Crippen LogP) is 4.19. The molecule has 9 heteroatoms. The maximum Gasteiger partial charge on any atom is 0.417 e. The molecule has 3 aromatic rings. The highest BCUT2D eigenvalue weighted by Gasteiger charge is 2.30. The normalized spacial score (nSPS) is 11.4. The molecule has 0 fully saturated rings. The van der Waals surface area contributed by atoms with Gasteiger partial charge in [-0.2, -0.15) is 13.2 Å². The molecule has 3 N–H and O–H groups in total. The van der Waals surface area contributed by atoms with Crippen molar-refractivity contribution in [3.05, 3.63) is 54.0 Å². The quantitative estimate of drug-likeness (QED) is 0.609. The van der Waals surface area contributed by atoms with E-state index in [-0.39, 0.29) is 17.2 Å². The van der Waals surface area contributed by atoms with E-state index in [4.69, 9.17) is 10.8 Å². The predicted molar refractivity (Wildman–Crippen MR) is 92.3 cm³/mol. The van der Waals surface area contributed by atoms with Crippen molar-refractivity contribution in [2.24, 2.45) is 0 Å². The van der Waals surface area contributed by atoms with Crippen LogP contribution in [0.5, 0.6) is 0 Å². The minimum atomic E-state index is -4.44. The van der Waals surface area contributed by atoms with Gasteiger partial charge in [0.1, 0.15) is 11.5 Å². The van der Waals surface area contributed by atoms with Gasteiger partial charge in [0.05, 0.1) is 22.7 Å². The average molecular weight is 358 g/mol. The van der Waals surface area contributed by atoms with Crippen LogP contribution >= 0.6 is 0 Å². The summed E-state index contributed by atoms with van der Waals surface area (Å²) in [5.74, 6) is 0.248. The number of rotatable bonds is 4. The molecule has 0 saturated heterocycles. The van der Waals surface area contributed by atoms with Crippen molar-refractivity contribution in [3.8, 4) is 0 Å². The van der Waals surface area contributed by atoms with E-state index >= 15 is 0 Å². The smallest absolute Gasteiger partial charge is 0.340 e. The first-order chi connectivity index (χ1) is 12.3. The van der Waals surface area contributed by atoms with Gasteiger partial charge in [0.15, 0.2) is 5.65 Å². The number of hydrogen-bond donors (Lipinski definition) is 3. The molecule has 0 aliphatic rings. The number of hydrogen-bond acceptors (Lipinski definition) is 6. The van der Waals surface area contributed by atoms with Gasteiger partial charge >= 0.3 is 6.18 Å². The number of alkyl halides is 3. The molecule has 0 aliphatic heterocycles. The Morgan fingerprint density at radius 1 is 1.04 bits per heavy atom.